The first-order valence-corrected chi connectivity index (χ1v) is 8.51. The van der Waals surface area contributed by atoms with Crippen LogP contribution in [0.1, 0.15) is 38.2 Å². The summed E-state index contributed by atoms with van der Waals surface area (Å²) in [7, 11) is 0. The standard InChI is InChI=1S/C18H24N2O4/c1-12(19)17(21)20-15-9-5-8-14(15)10-16(20)24-18(22)23-11-13-6-3-2-4-7-13/h2-4,6-7,12,14-16H,5,8-11,19H2,1H3/t12-,14-,15-,16-/m0/s1. The van der Waals surface area contributed by atoms with Crippen LogP contribution in [0.3, 0.4) is 0 Å². The molecule has 1 aromatic rings. The predicted molar refractivity (Wildman–Crippen MR) is 87.7 cm³/mol. The molecule has 0 radical (unpaired) electrons. The van der Waals surface area contributed by atoms with E-state index in [1.165, 1.54) is 0 Å². The maximum absolute atomic E-state index is 12.4. The highest BCUT2D eigenvalue weighted by Gasteiger charge is 2.48. The van der Waals surface area contributed by atoms with Crippen LogP contribution in [-0.4, -0.2) is 35.3 Å². The van der Waals surface area contributed by atoms with Gasteiger partial charge in [-0.05, 0) is 31.2 Å². The van der Waals surface area contributed by atoms with Crippen molar-refractivity contribution in [2.24, 2.45) is 11.7 Å². The number of hydrogen-bond donors (Lipinski definition) is 1. The first-order chi connectivity index (χ1) is 11.6. The van der Waals surface area contributed by atoms with Crippen LogP contribution in [0.4, 0.5) is 4.79 Å². The van der Waals surface area contributed by atoms with Gasteiger partial charge in [0.2, 0.25) is 5.91 Å². The molecule has 1 saturated carbocycles. The summed E-state index contributed by atoms with van der Waals surface area (Å²) in [5, 5.41) is 0. The smallest absolute Gasteiger partial charge is 0.429 e. The molecule has 2 aliphatic rings. The molecule has 2 fully saturated rings. The molecule has 1 aromatic carbocycles. The van der Waals surface area contributed by atoms with Gasteiger partial charge in [-0.25, -0.2) is 4.79 Å². The van der Waals surface area contributed by atoms with Crippen molar-refractivity contribution in [1.29, 1.82) is 0 Å². The number of carbonyl (C=O) groups is 2. The van der Waals surface area contributed by atoms with Crippen molar-refractivity contribution in [2.45, 2.75) is 57.5 Å². The lowest BCUT2D eigenvalue weighted by Crippen LogP contribution is -2.49. The Kier molecular flexibility index (Phi) is 5.04. The molecule has 130 valence electrons. The average Bonchev–Trinajstić information content (AvgIpc) is 3.14. The summed E-state index contributed by atoms with van der Waals surface area (Å²) in [4.78, 5) is 26.1. The molecule has 3 rings (SSSR count). The lowest BCUT2D eigenvalue weighted by atomic mass is 10.0. The quantitative estimate of drug-likeness (QED) is 0.856. The van der Waals surface area contributed by atoms with Gasteiger partial charge in [0.25, 0.3) is 0 Å². The molecule has 0 spiro atoms. The molecule has 2 N–H and O–H groups in total. The Balaban J connectivity index is 1.60. The average molecular weight is 332 g/mol. The van der Waals surface area contributed by atoms with Gasteiger partial charge in [0, 0.05) is 12.5 Å². The highest BCUT2D eigenvalue weighted by molar-refractivity contribution is 5.82. The monoisotopic (exact) mass is 332 g/mol. The van der Waals surface area contributed by atoms with Crippen LogP contribution in [0, 0.1) is 5.92 Å². The molecule has 1 heterocycles. The van der Waals surface area contributed by atoms with Crippen LogP contribution in [-0.2, 0) is 20.9 Å². The number of ether oxygens (including phenoxy) is 2. The zero-order chi connectivity index (χ0) is 17.1. The maximum Gasteiger partial charge on any atom is 0.510 e. The van der Waals surface area contributed by atoms with E-state index >= 15 is 0 Å². The summed E-state index contributed by atoms with van der Waals surface area (Å²) in [5.41, 5.74) is 6.65. The Morgan fingerprint density at radius 2 is 2.04 bits per heavy atom. The summed E-state index contributed by atoms with van der Waals surface area (Å²) in [5.74, 6) is 0.227. The van der Waals surface area contributed by atoms with Crippen LogP contribution in [0.15, 0.2) is 30.3 Å². The number of nitrogens with two attached hydrogens (primary N) is 1. The van der Waals surface area contributed by atoms with Crippen LogP contribution < -0.4 is 5.73 Å². The van der Waals surface area contributed by atoms with Crippen LogP contribution in [0.2, 0.25) is 0 Å². The number of carbonyl (C=O) groups excluding carboxylic acids is 2. The number of fused-ring (bicyclic) bond motifs is 1. The molecule has 24 heavy (non-hydrogen) atoms. The molecular weight excluding hydrogens is 308 g/mol. The van der Waals surface area contributed by atoms with Crippen molar-refractivity contribution in [3.05, 3.63) is 35.9 Å². The minimum atomic E-state index is -0.744. The van der Waals surface area contributed by atoms with Gasteiger partial charge in [-0.3, -0.25) is 4.79 Å². The van der Waals surface area contributed by atoms with E-state index in [9.17, 15) is 9.59 Å². The fourth-order valence-corrected chi connectivity index (χ4v) is 3.75. The first-order valence-electron chi connectivity index (χ1n) is 8.51. The van der Waals surface area contributed by atoms with Crippen LogP contribution in [0.25, 0.3) is 0 Å². The second kappa shape index (κ2) is 7.21. The second-order valence-corrected chi connectivity index (χ2v) is 6.62. The van der Waals surface area contributed by atoms with E-state index < -0.39 is 18.4 Å². The maximum atomic E-state index is 12.4. The van der Waals surface area contributed by atoms with Gasteiger partial charge in [0.05, 0.1) is 6.04 Å². The Hall–Kier alpha value is -2.08. The molecule has 1 saturated heterocycles. The lowest BCUT2D eigenvalue weighted by molar-refractivity contribution is -0.143. The minimum absolute atomic E-state index is 0.135. The van der Waals surface area contributed by atoms with E-state index in [1.807, 2.05) is 30.3 Å². The Morgan fingerprint density at radius 1 is 1.29 bits per heavy atom. The van der Waals surface area contributed by atoms with Gasteiger partial charge >= 0.3 is 6.16 Å². The van der Waals surface area contributed by atoms with E-state index in [0.717, 1.165) is 24.8 Å². The summed E-state index contributed by atoms with van der Waals surface area (Å²) in [6.07, 6.45) is 2.47. The molecule has 1 aliphatic heterocycles. The van der Waals surface area contributed by atoms with Gasteiger partial charge in [-0.15, -0.1) is 0 Å². The lowest BCUT2D eigenvalue weighted by Gasteiger charge is -2.30. The van der Waals surface area contributed by atoms with Crippen molar-refractivity contribution in [1.82, 2.24) is 4.90 Å². The highest BCUT2D eigenvalue weighted by Crippen LogP contribution is 2.41. The number of hydrogen-bond acceptors (Lipinski definition) is 5. The molecule has 0 unspecified atom stereocenters. The van der Waals surface area contributed by atoms with E-state index in [0.29, 0.717) is 12.3 Å². The number of likely N-dealkylation sites (tertiary alicyclic amines) is 1. The fraction of sp³-hybridized carbons (Fsp3) is 0.556. The number of rotatable bonds is 4. The molecule has 6 heteroatoms. The molecule has 0 bridgehead atoms. The normalized spacial score (nSPS) is 26.8. The molecule has 4 atom stereocenters. The van der Waals surface area contributed by atoms with Gasteiger partial charge in [0.15, 0.2) is 6.23 Å². The topological polar surface area (TPSA) is 81.9 Å². The number of amides is 1. The molecule has 0 aromatic heterocycles. The van der Waals surface area contributed by atoms with Crippen molar-refractivity contribution in [3.63, 3.8) is 0 Å². The summed E-state index contributed by atoms with van der Waals surface area (Å²) in [6.45, 7) is 1.82. The van der Waals surface area contributed by atoms with Gasteiger partial charge in [-0.2, -0.15) is 0 Å². The molecule has 6 nitrogen and oxygen atoms in total. The Morgan fingerprint density at radius 3 is 2.75 bits per heavy atom. The SMILES string of the molecule is C[C@H](N)C(=O)N1[C@@H](OC(=O)OCc2ccccc2)C[C@@H]2CCC[C@@H]21. The molecule has 1 aliphatic carbocycles. The van der Waals surface area contributed by atoms with Crippen LogP contribution >= 0.6 is 0 Å². The number of nitrogens with zero attached hydrogens (tertiary/aromatic N) is 1. The van der Waals surface area contributed by atoms with Crippen molar-refractivity contribution in [2.75, 3.05) is 0 Å². The first kappa shape index (κ1) is 16.8. The van der Waals surface area contributed by atoms with Gasteiger partial charge in [0.1, 0.15) is 6.61 Å². The van der Waals surface area contributed by atoms with Crippen molar-refractivity contribution >= 4 is 12.1 Å². The third-order valence-corrected chi connectivity index (χ3v) is 4.87. The van der Waals surface area contributed by atoms with E-state index in [4.69, 9.17) is 15.2 Å². The summed E-state index contributed by atoms with van der Waals surface area (Å²) >= 11 is 0. The van der Waals surface area contributed by atoms with E-state index in [1.54, 1.807) is 11.8 Å². The third kappa shape index (κ3) is 3.53. The summed E-state index contributed by atoms with van der Waals surface area (Å²) < 4.78 is 10.6. The minimum Gasteiger partial charge on any atom is -0.429 e. The largest absolute Gasteiger partial charge is 0.510 e. The van der Waals surface area contributed by atoms with E-state index in [2.05, 4.69) is 0 Å². The Labute approximate surface area is 141 Å². The summed E-state index contributed by atoms with van der Waals surface area (Å²) in [6, 6.07) is 8.94. The van der Waals surface area contributed by atoms with E-state index in [-0.39, 0.29) is 18.6 Å². The zero-order valence-corrected chi connectivity index (χ0v) is 13.9. The van der Waals surface area contributed by atoms with Crippen LogP contribution in [0.5, 0.6) is 0 Å². The second-order valence-electron chi connectivity index (χ2n) is 6.62. The van der Waals surface area contributed by atoms with Gasteiger partial charge in [-0.1, -0.05) is 36.8 Å². The molecule has 1 amide bonds. The van der Waals surface area contributed by atoms with Gasteiger partial charge < -0.3 is 20.1 Å². The predicted octanol–water partition coefficient (Wildman–Crippen LogP) is 2.41. The number of benzene rings is 1. The fourth-order valence-electron chi connectivity index (χ4n) is 3.75. The Bertz CT molecular complexity index is 590. The zero-order valence-electron chi connectivity index (χ0n) is 13.9. The highest BCUT2D eigenvalue weighted by atomic mass is 16.7. The van der Waals surface area contributed by atoms with Crippen molar-refractivity contribution < 1.29 is 19.1 Å². The third-order valence-electron chi connectivity index (χ3n) is 4.87. The molecular formula is C18H24N2O4. The van der Waals surface area contributed by atoms with Crippen molar-refractivity contribution in [3.8, 4) is 0 Å².